The number of anilines is 2. The van der Waals surface area contributed by atoms with Crippen molar-refractivity contribution in [3.8, 4) is 6.07 Å². The molecule has 2 N–H and O–H groups in total. The molecule has 0 aliphatic carbocycles. The number of benzene rings is 1. The van der Waals surface area contributed by atoms with Crippen LogP contribution in [0.1, 0.15) is 34.8 Å². The van der Waals surface area contributed by atoms with Gasteiger partial charge in [0, 0.05) is 19.7 Å². The predicted octanol–water partition coefficient (Wildman–Crippen LogP) is 3.59. The fourth-order valence-corrected chi connectivity index (χ4v) is 4.09. The number of nitrogens with one attached hydrogen (secondary N) is 2. The van der Waals surface area contributed by atoms with Gasteiger partial charge in [-0.1, -0.05) is 11.6 Å². The predicted molar refractivity (Wildman–Crippen MR) is 119 cm³/mol. The third kappa shape index (κ3) is 3.88. The van der Waals surface area contributed by atoms with Gasteiger partial charge in [-0.15, -0.1) is 0 Å². The van der Waals surface area contributed by atoms with Crippen molar-refractivity contribution < 1.29 is 9.59 Å². The van der Waals surface area contributed by atoms with Crippen LogP contribution in [0.3, 0.4) is 0 Å². The van der Waals surface area contributed by atoms with E-state index in [0.29, 0.717) is 32.3 Å². The van der Waals surface area contributed by atoms with Crippen LogP contribution >= 0.6 is 27.5 Å². The first-order valence-electron chi connectivity index (χ1n) is 8.93. The monoisotopic (exact) mass is 488 g/mol. The van der Waals surface area contributed by atoms with E-state index in [-0.39, 0.29) is 12.0 Å². The molecule has 2 aromatic rings. The van der Waals surface area contributed by atoms with Crippen LogP contribution in [0.15, 0.2) is 35.6 Å². The molecule has 1 aliphatic rings. The Bertz CT molecular complexity index is 1110. The number of halogens is 2. The number of nitrogens with zero attached hydrogens (tertiary/aromatic N) is 4. The lowest BCUT2D eigenvalue weighted by Gasteiger charge is -2.32. The van der Waals surface area contributed by atoms with Crippen LogP contribution < -0.4 is 15.6 Å². The maximum atomic E-state index is 13.4. The smallest absolute Gasteiger partial charge is 0.253 e. The van der Waals surface area contributed by atoms with Crippen molar-refractivity contribution in [1.29, 1.82) is 5.26 Å². The Morgan fingerprint density at radius 2 is 2.13 bits per heavy atom. The van der Waals surface area contributed by atoms with Crippen molar-refractivity contribution in [2.45, 2.75) is 25.8 Å². The number of aromatic nitrogens is 1. The highest BCUT2D eigenvalue weighted by Gasteiger charge is 2.47. The molecule has 1 unspecified atom stereocenters. The van der Waals surface area contributed by atoms with Gasteiger partial charge < -0.3 is 10.6 Å². The molecule has 1 aromatic carbocycles. The van der Waals surface area contributed by atoms with Gasteiger partial charge in [0.2, 0.25) is 0 Å². The van der Waals surface area contributed by atoms with E-state index >= 15 is 0 Å². The van der Waals surface area contributed by atoms with Crippen molar-refractivity contribution in [1.82, 2.24) is 10.3 Å². The van der Waals surface area contributed by atoms with Crippen molar-refractivity contribution in [3.63, 3.8) is 0 Å². The first-order chi connectivity index (χ1) is 14.2. The topological polar surface area (TPSA) is 110 Å². The van der Waals surface area contributed by atoms with Gasteiger partial charge in [-0.2, -0.15) is 10.4 Å². The second-order valence-corrected chi connectivity index (χ2v) is 8.23. The minimum atomic E-state index is -1.16. The Hall–Kier alpha value is -2.96. The summed E-state index contributed by atoms with van der Waals surface area (Å²) < 4.78 is 0.560. The standard InChI is InChI=1S/C20H18BrClN6O2/c1-11-7-12(10-23)8-13(18(29)24-3)16(11)26-19(30)20(2)9-15(21)27-28(20)17-14(22)5-4-6-25-17/h4-8H,9H2,1-3H3,(H,24,29)(H,26,30). The second-order valence-electron chi connectivity index (χ2n) is 6.91. The third-order valence-corrected chi connectivity index (χ3v) is 5.50. The Kier molecular flexibility index (Phi) is 6.10. The van der Waals surface area contributed by atoms with Crippen molar-refractivity contribution in [3.05, 3.63) is 52.2 Å². The molecule has 8 nitrogen and oxygen atoms in total. The lowest BCUT2D eigenvalue weighted by molar-refractivity contribution is -0.120. The van der Waals surface area contributed by atoms with E-state index in [4.69, 9.17) is 11.6 Å². The summed E-state index contributed by atoms with van der Waals surface area (Å²) in [5, 5.41) is 20.8. The fourth-order valence-electron chi connectivity index (χ4n) is 3.18. The highest BCUT2D eigenvalue weighted by Crippen LogP contribution is 2.38. The van der Waals surface area contributed by atoms with Crippen LogP contribution in [0, 0.1) is 18.3 Å². The molecular weight excluding hydrogens is 472 g/mol. The Morgan fingerprint density at radius 1 is 1.40 bits per heavy atom. The van der Waals surface area contributed by atoms with Gasteiger partial charge in [0.25, 0.3) is 11.8 Å². The molecule has 0 fully saturated rings. The number of aryl methyl sites for hydroxylation is 1. The number of hydrazone groups is 1. The molecule has 2 heterocycles. The molecule has 0 saturated carbocycles. The van der Waals surface area contributed by atoms with E-state index in [1.54, 1.807) is 38.2 Å². The van der Waals surface area contributed by atoms with Gasteiger partial charge in [0.15, 0.2) is 5.82 Å². The zero-order valence-electron chi connectivity index (χ0n) is 16.5. The normalized spacial score (nSPS) is 17.9. The minimum absolute atomic E-state index is 0.200. The van der Waals surface area contributed by atoms with Gasteiger partial charge in [-0.05, 0) is 59.6 Å². The van der Waals surface area contributed by atoms with Gasteiger partial charge in [0.1, 0.15) is 10.2 Å². The van der Waals surface area contributed by atoms with E-state index in [9.17, 15) is 14.9 Å². The van der Waals surface area contributed by atoms with E-state index < -0.39 is 17.4 Å². The summed E-state index contributed by atoms with van der Waals surface area (Å²) in [6.07, 6.45) is 1.84. The first kappa shape index (κ1) is 21.7. The van der Waals surface area contributed by atoms with Crippen LogP contribution in [0.5, 0.6) is 0 Å². The SMILES string of the molecule is CNC(=O)c1cc(C#N)cc(C)c1NC(=O)C1(C)CC(Br)=NN1c1ncccc1Cl. The van der Waals surface area contributed by atoms with Crippen molar-refractivity contribution >= 4 is 55.5 Å². The summed E-state index contributed by atoms with van der Waals surface area (Å²) >= 11 is 9.65. The van der Waals surface area contributed by atoms with Crippen molar-refractivity contribution in [2.75, 3.05) is 17.4 Å². The van der Waals surface area contributed by atoms with Gasteiger partial charge in [0.05, 0.1) is 27.9 Å². The molecular formula is C20H18BrClN6O2. The molecule has 0 spiro atoms. The van der Waals surface area contributed by atoms with E-state index in [1.807, 2.05) is 6.07 Å². The summed E-state index contributed by atoms with van der Waals surface area (Å²) in [6.45, 7) is 3.43. The molecule has 2 amide bonds. The summed E-state index contributed by atoms with van der Waals surface area (Å²) in [7, 11) is 1.48. The average Bonchev–Trinajstić information content (AvgIpc) is 3.04. The van der Waals surface area contributed by atoms with Crippen LogP contribution in [-0.2, 0) is 4.79 Å². The number of carbonyl (C=O) groups is 2. The molecule has 154 valence electrons. The average molecular weight is 490 g/mol. The number of carbonyl (C=O) groups excluding carboxylic acids is 2. The lowest BCUT2D eigenvalue weighted by atomic mass is 9.96. The molecule has 0 saturated heterocycles. The quantitative estimate of drug-likeness (QED) is 0.682. The number of nitriles is 1. The highest BCUT2D eigenvalue weighted by atomic mass is 79.9. The minimum Gasteiger partial charge on any atom is -0.355 e. The second kappa shape index (κ2) is 8.42. The van der Waals surface area contributed by atoms with Crippen LogP contribution in [0.2, 0.25) is 5.02 Å². The van der Waals surface area contributed by atoms with E-state index in [1.165, 1.54) is 18.1 Å². The summed E-state index contributed by atoms with van der Waals surface area (Å²) in [6, 6.07) is 8.43. The lowest BCUT2D eigenvalue weighted by Crippen LogP contribution is -2.51. The largest absolute Gasteiger partial charge is 0.355 e. The molecule has 3 rings (SSSR count). The molecule has 1 aromatic heterocycles. The molecule has 0 radical (unpaired) electrons. The molecule has 0 bridgehead atoms. The van der Waals surface area contributed by atoms with Crippen molar-refractivity contribution in [2.24, 2.45) is 5.10 Å². The maximum absolute atomic E-state index is 13.4. The Labute approximate surface area is 187 Å². The molecule has 1 aliphatic heterocycles. The molecule has 10 heteroatoms. The summed E-state index contributed by atoms with van der Waals surface area (Å²) in [4.78, 5) is 30.1. The number of hydrogen-bond donors (Lipinski definition) is 2. The number of rotatable bonds is 4. The van der Waals surface area contributed by atoms with Crippen LogP contribution in [-0.4, -0.2) is 34.0 Å². The number of pyridine rings is 1. The zero-order valence-corrected chi connectivity index (χ0v) is 18.8. The van der Waals surface area contributed by atoms with E-state index in [2.05, 4.69) is 36.6 Å². The molecule has 1 atom stereocenters. The summed E-state index contributed by atoms with van der Waals surface area (Å²) in [5.74, 6) is -0.473. The highest BCUT2D eigenvalue weighted by molar-refractivity contribution is 9.18. The van der Waals surface area contributed by atoms with Crippen LogP contribution in [0.25, 0.3) is 0 Å². The summed E-state index contributed by atoms with van der Waals surface area (Å²) in [5.41, 5.74) is 0.284. The van der Waals surface area contributed by atoms with E-state index in [0.717, 1.165) is 0 Å². The number of amides is 2. The van der Waals surface area contributed by atoms with Gasteiger partial charge in [-0.3, -0.25) is 9.59 Å². The van der Waals surface area contributed by atoms with Gasteiger partial charge >= 0.3 is 0 Å². The fraction of sp³-hybridized carbons (Fsp3) is 0.250. The Balaban J connectivity index is 2.02. The van der Waals surface area contributed by atoms with Crippen LogP contribution in [0.4, 0.5) is 11.5 Å². The first-order valence-corrected chi connectivity index (χ1v) is 10.1. The Morgan fingerprint density at radius 3 is 2.77 bits per heavy atom. The molecule has 30 heavy (non-hydrogen) atoms. The zero-order chi connectivity index (χ0) is 22.1. The number of hydrogen-bond acceptors (Lipinski definition) is 6. The third-order valence-electron chi connectivity index (χ3n) is 4.77. The van der Waals surface area contributed by atoms with Gasteiger partial charge in [-0.25, -0.2) is 9.99 Å². The maximum Gasteiger partial charge on any atom is 0.253 e.